The Hall–Kier alpha value is -3.83. The van der Waals surface area contributed by atoms with E-state index in [4.69, 9.17) is 9.84 Å². The maximum atomic E-state index is 12.8. The number of piperidine rings is 3. The molecule has 0 aliphatic carbocycles. The van der Waals surface area contributed by atoms with Gasteiger partial charge in [-0.25, -0.2) is 9.59 Å². The van der Waals surface area contributed by atoms with Gasteiger partial charge in [-0.15, -0.1) is 0 Å². The summed E-state index contributed by atoms with van der Waals surface area (Å²) in [5.74, 6) is -0.231. The third kappa shape index (κ3) is 7.77. The van der Waals surface area contributed by atoms with E-state index in [0.29, 0.717) is 70.5 Å². The lowest BCUT2D eigenvalue weighted by atomic mass is 9.78. The van der Waals surface area contributed by atoms with E-state index in [1.54, 1.807) is 14.7 Å². The number of hydrogen-bond acceptors (Lipinski definition) is 6. The maximum Gasteiger partial charge on any atom is 0.410 e. The van der Waals surface area contributed by atoms with E-state index in [0.717, 1.165) is 43.4 Å². The van der Waals surface area contributed by atoms with Crippen LogP contribution in [0.4, 0.5) is 15.3 Å². The van der Waals surface area contributed by atoms with Crippen molar-refractivity contribution in [2.75, 3.05) is 57.7 Å². The van der Waals surface area contributed by atoms with E-state index in [9.17, 15) is 24.0 Å². The number of ether oxygens (including phenoxy) is 1. The Morgan fingerprint density at radius 2 is 1.35 bits per heavy atom. The number of carboxylic acids is 1. The molecule has 5 amide bonds. The summed E-state index contributed by atoms with van der Waals surface area (Å²) in [5, 5.41) is 11.8. The molecular formula is C31H43N5O7. The van der Waals surface area contributed by atoms with Gasteiger partial charge in [-0.1, -0.05) is 18.2 Å². The molecule has 2 N–H and O–H groups in total. The lowest BCUT2D eigenvalue weighted by molar-refractivity contribution is -0.141. The molecule has 12 heteroatoms. The summed E-state index contributed by atoms with van der Waals surface area (Å²) >= 11 is 0. The molecule has 0 bridgehead atoms. The van der Waals surface area contributed by atoms with Gasteiger partial charge in [0.15, 0.2) is 6.61 Å². The summed E-state index contributed by atoms with van der Waals surface area (Å²) in [7, 11) is 0. The predicted molar refractivity (Wildman–Crippen MR) is 157 cm³/mol. The first kappa shape index (κ1) is 30.6. The van der Waals surface area contributed by atoms with Crippen LogP contribution in [0.2, 0.25) is 0 Å². The first-order chi connectivity index (χ1) is 20.8. The lowest BCUT2D eigenvalue weighted by Crippen LogP contribution is -2.50. The van der Waals surface area contributed by atoms with Gasteiger partial charge in [0.25, 0.3) is 5.91 Å². The molecule has 4 heterocycles. The summed E-state index contributed by atoms with van der Waals surface area (Å²) in [6.07, 6.45) is 5.13. The van der Waals surface area contributed by atoms with Crippen LogP contribution in [-0.4, -0.2) is 113 Å². The molecule has 0 saturated carbocycles. The molecule has 0 unspecified atom stereocenters. The minimum absolute atomic E-state index is 0.0472. The van der Waals surface area contributed by atoms with Crippen LogP contribution in [0.25, 0.3) is 0 Å². The number of aliphatic carboxylic acids is 1. The number of nitrogens with zero attached hydrogens (tertiary/aromatic N) is 4. The van der Waals surface area contributed by atoms with Crippen molar-refractivity contribution in [3.8, 4) is 0 Å². The number of fused-ring (bicyclic) bond motifs is 1. The smallest absolute Gasteiger partial charge is 0.410 e. The van der Waals surface area contributed by atoms with Gasteiger partial charge < -0.3 is 34.8 Å². The third-order valence-electron chi connectivity index (χ3n) is 9.63. The van der Waals surface area contributed by atoms with Gasteiger partial charge in [-0.05, 0) is 68.4 Å². The topological polar surface area (TPSA) is 140 Å². The van der Waals surface area contributed by atoms with Crippen molar-refractivity contribution in [3.05, 3.63) is 29.8 Å². The number of carbonyl (C=O) groups is 5. The molecule has 3 fully saturated rings. The molecule has 3 saturated heterocycles. The van der Waals surface area contributed by atoms with E-state index in [2.05, 4.69) is 5.32 Å². The molecule has 0 radical (unpaired) electrons. The minimum Gasteiger partial charge on any atom is -0.481 e. The number of carboxylic acid groups (broad SMARTS) is 1. The Balaban J connectivity index is 0.978. The first-order valence-corrected chi connectivity index (χ1v) is 15.6. The van der Waals surface area contributed by atoms with Crippen molar-refractivity contribution in [3.63, 3.8) is 0 Å². The van der Waals surface area contributed by atoms with Gasteiger partial charge in [0.05, 0.1) is 6.42 Å². The third-order valence-corrected chi connectivity index (χ3v) is 9.63. The monoisotopic (exact) mass is 597 g/mol. The Bertz CT molecular complexity index is 1180. The standard InChI is InChI=1S/C31H43N5O7/c37-27(5-6-29(39)40)33-14-7-22(8-15-33)23-9-16-34(17-10-23)28(38)21-43-31(42)35-18-12-25(13-19-35)36-20-11-24-3-1-2-4-26(24)32-30(36)41/h1-4,22-23,25H,5-21H2,(H,32,41)(H,39,40). The van der Waals surface area contributed by atoms with Crippen LogP contribution in [-0.2, 0) is 25.5 Å². The number of rotatable bonds is 7. The number of benzene rings is 1. The summed E-state index contributed by atoms with van der Waals surface area (Å²) in [6.45, 7) is 3.90. The van der Waals surface area contributed by atoms with Crippen molar-refractivity contribution in [2.45, 2.75) is 63.8 Å². The fourth-order valence-corrected chi connectivity index (χ4v) is 7.02. The van der Waals surface area contributed by atoms with Crippen molar-refractivity contribution in [2.24, 2.45) is 11.8 Å². The quantitative estimate of drug-likeness (QED) is 0.493. The highest BCUT2D eigenvalue weighted by molar-refractivity contribution is 5.91. The number of nitrogens with one attached hydrogen (secondary N) is 1. The number of amides is 5. The van der Waals surface area contributed by atoms with Gasteiger partial charge in [0.2, 0.25) is 5.91 Å². The number of para-hydroxylation sites is 1. The zero-order chi connectivity index (χ0) is 30.3. The van der Waals surface area contributed by atoms with Gasteiger partial charge in [-0.2, -0.15) is 0 Å². The number of urea groups is 1. The van der Waals surface area contributed by atoms with E-state index in [-0.39, 0.29) is 43.3 Å². The number of carbonyl (C=O) groups excluding carboxylic acids is 4. The second-order valence-corrected chi connectivity index (χ2v) is 12.1. The molecule has 5 rings (SSSR count). The van der Waals surface area contributed by atoms with Crippen LogP contribution in [0, 0.1) is 11.8 Å². The normalized spacial score (nSPS) is 20.7. The molecule has 0 spiro atoms. The Labute approximate surface area is 252 Å². The van der Waals surface area contributed by atoms with E-state index >= 15 is 0 Å². The molecule has 1 aromatic carbocycles. The molecule has 4 aliphatic rings. The second kappa shape index (κ2) is 14.1. The first-order valence-electron chi connectivity index (χ1n) is 15.6. The van der Waals surface area contributed by atoms with Crippen molar-refractivity contribution >= 4 is 35.6 Å². The molecule has 43 heavy (non-hydrogen) atoms. The second-order valence-electron chi connectivity index (χ2n) is 12.1. The largest absolute Gasteiger partial charge is 0.481 e. The molecule has 12 nitrogen and oxygen atoms in total. The minimum atomic E-state index is -0.952. The summed E-state index contributed by atoms with van der Waals surface area (Å²) < 4.78 is 5.40. The van der Waals surface area contributed by atoms with Crippen LogP contribution in [0.3, 0.4) is 0 Å². The SMILES string of the molecule is O=C(O)CCC(=O)N1CCC(C2CCN(C(=O)COC(=O)N3CCC(N4CCc5ccccc5NC4=O)CC3)CC2)CC1. The molecule has 234 valence electrons. The number of anilines is 1. The Kier molecular flexibility index (Phi) is 10.0. The fourth-order valence-electron chi connectivity index (χ4n) is 7.02. The average Bonchev–Trinajstić information content (AvgIpc) is 3.20. The predicted octanol–water partition coefficient (Wildman–Crippen LogP) is 3.02. The average molecular weight is 598 g/mol. The molecular weight excluding hydrogens is 554 g/mol. The summed E-state index contributed by atoms with van der Waals surface area (Å²) in [6, 6.07) is 7.79. The van der Waals surface area contributed by atoms with E-state index in [1.165, 1.54) is 0 Å². The van der Waals surface area contributed by atoms with Gasteiger partial charge >= 0.3 is 18.1 Å². The van der Waals surface area contributed by atoms with E-state index in [1.807, 2.05) is 29.2 Å². The van der Waals surface area contributed by atoms with Gasteiger partial charge in [-0.3, -0.25) is 14.4 Å². The molecule has 0 atom stereocenters. The number of likely N-dealkylation sites (tertiary alicyclic amines) is 3. The summed E-state index contributed by atoms with van der Waals surface area (Å²) in [4.78, 5) is 68.4. The molecule has 0 aromatic heterocycles. The molecule has 4 aliphatic heterocycles. The maximum absolute atomic E-state index is 12.8. The number of hydrogen-bond donors (Lipinski definition) is 2. The van der Waals surface area contributed by atoms with Crippen LogP contribution in [0.15, 0.2) is 24.3 Å². The van der Waals surface area contributed by atoms with Gasteiger partial charge in [0, 0.05) is 64.0 Å². The lowest BCUT2D eigenvalue weighted by Gasteiger charge is -2.40. The van der Waals surface area contributed by atoms with Crippen molar-refractivity contribution in [1.82, 2.24) is 19.6 Å². The zero-order valence-corrected chi connectivity index (χ0v) is 24.7. The van der Waals surface area contributed by atoms with Crippen LogP contribution in [0.1, 0.15) is 56.9 Å². The van der Waals surface area contributed by atoms with Gasteiger partial charge in [0.1, 0.15) is 0 Å². The highest BCUT2D eigenvalue weighted by Crippen LogP contribution is 2.33. The molecule has 1 aromatic rings. The fraction of sp³-hybridized carbons (Fsp3) is 0.645. The Morgan fingerprint density at radius 3 is 1.98 bits per heavy atom. The highest BCUT2D eigenvalue weighted by atomic mass is 16.6. The van der Waals surface area contributed by atoms with Crippen LogP contribution < -0.4 is 5.32 Å². The highest BCUT2D eigenvalue weighted by Gasteiger charge is 2.34. The zero-order valence-electron chi connectivity index (χ0n) is 24.7. The summed E-state index contributed by atoms with van der Waals surface area (Å²) in [5.41, 5.74) is 1.98. The van der Waals surface area contributed by atoms with Crippen LogP contribution in [0.5, 0.6) is 0 Å². The van der Waals surface area contributed by atoms with Crippen molar-refractivity contribution < 1.29 is 33.8 Å². The van der Waals surface area contributed by atoms with Crippen molar-refractivity contribution in [1.29, 1.82) is 0 Å². The van der Waals surface area contributed by atoms with Crippen LogP contribution >= 0.6 is 0 Å². The Morgan fingerprint density at radius 1 is 0.767 bits per heavy atom. The van der Waals surface area contributed by atoms with E-state index < -0.39 is 12.1 Å².